The van der Waals surface area contributed by atoms with Crippen LogP contribution in [0.25, 0.3) is 0 Å². The Morgan fingerprint density at radius 3 is 2.58 bits per heavy atom. The predicted molar refractivity (Wildman–Crippen MR) is 85.9 cm³/mol. The smallest absolute Gasteiger partial charge is 0.190 e. The van der Waals surface area contributed by atoms with Crippen molar-refractivity contribution in [2.24, 2.45) is 5.92 Å². The summed E-state index contributed by atoms with van der Waals surface area (Å²) in [5, 5.41) is 0. The highest BCUT2D eigenvalue weighted by Gasteiger charge is 2.65. The van der Waals surface area contributed by atoms with Gasteiger partial charge in [0.1, 0.15) is 12.4 Å². The first-order valence-corrected chi connectivity index (χ1v) is 8.19. The molecule has 24 heavy (non-hydrogen) atoms. The van der Waals surface area contributed by atoms with Gasteiger partial charge < -0.3 is 14.2 Å². The average molecular weight is 328 g/mol. The fourth-order valence-corrected chi connectivity index (χ4v) is 4.21. The van der Waals surface area contributed by atoms with E-state index in [-0.39, 0.29) is 36.5 Å². The second-order valence-corrected chi connectivity index (χ2v) is 6.85. The first-order valence-electron chi connectivity index (χ1n) is 8.19. The summed E-state index contributed by atoms with van der Waals surface area (Å²) in [6, 6.07) is 7.02. The minimum atomic E-state index is -0.450. The minimum absolute atomic E-state index is 0.0307. The number of epoxide rings is 1. The fourth-order valence-electron chi connectivity index (χ4n) is 4.21. The van der Waals surface area contributed by atoms with Crippen LogP contribution in [-0.2, 0) is 14.2 Å². The predicted octanol–water partition coefficient (Wildman–Crippen LogP) is 2.55. The molecule has 4 atom stereocenters. The Labute approximate surface area is 140 Å². The van der Waals surface area contributed by atoms with Gasteiger partial charge in [-0.05, 0) is 13.8 Å². The standard InChI is InChI=1S/C19H20O5/c1-10(23-9-22-3)16-15-13(8-14-19(16,2)24-14)17(20)11-6-4-5-7-12(11)18(15)21/h4-7,10,14,16H,8-9H2,1-3H3/t10-,14+,16+,19+/m1/s1. The molecule has 2 aliphatic carbocycles. The number of rotatable bonds is 4. The van der Waals surface area contributed by atoms with Crippen molar-refractivity contribution in [3.8, 4) is 0 Å². The van der Waals surface area contributed by atoms with Crippen LogP contribution < -0.4 is 0 Å². The third-order valence-electron chi connectivity index (χ3n) is 5.47. The zero-order chi connectivity index (χ0) is 17.1. The number of hydrogen-bond acceptors (Lipinski definition) is 5. The monoisotopic (exact) mass is 328 g/mol. The Morgan fingerprint density at radius 2 is 1.92 bits per heavy atom. The van der Waals surface area contributed by atoms with Crippen LogP contribution in [0.5, 0.6) is 0 Å². The van der Waals surface area contributed by atoms with Crippen molar-refractivity contribution in [2.75, 3.05) is 13.9 Å². The van der Waals surface area contributed by atoms with Gasteiger partial charge >= 0.3 is 0 Å². The molecule has 0 saturated carbocycles. The number of carbonyl (C=O) groups is 2. The van der Waals surface area contributed by atoms with Gasteiger partial charge in [-0.15, -0.1) is 0 Å². The molecule has 126 valence electrons. The maximum absolute atomic E-state index is 13.1. The lowest BCUT2D eigenvalue weighted by atomic mass is 9.67. The molecular formula is C19H20O5. The first kappa shape index (κ1) is 15.7. The second kappa shape index (κ2) is 5.34. The SMILES string of the molecule is COCO[C@H](C)[C@H]1C2=C(C[C@@H]3O[C@@]31C)C(=O)c1ccccc1C2=O. The number of hydrogen-bond donors (Lipinski definition) is 0. The van der Waals surface area contributed by atoms with Gasteiger partial charge in [0.05, 0.1) is 12.2 Å². The molecule has 1 aromatic carbocycles. The van der Waals surface area contributed by atoms with Gasteiger partial charge in [-0.2, -0.15) is 0 Å². The van der Waals surface area contributed by atoms with Crippen molar-refractivity contribution in [3.63, 3.8) is 0 Å². The summed E-state index contributed by atoms with van der Waals surface area (Å²) >= 11 is 0. The lowest BCUT2D eigenvalue weighted by Crippen LogP contribution is -2.44. The van der Waals surface area contributed by atoms with E-state index in [0.717, 1.165) is 0 Å². The maximum Gasteiger partial charge on any atom is 0.190 e. The molecule has 5 heteroatoms. The molecule has 0 unspecified atom stereocenters. The maximum atomic E-state index is 13.1. The Balaban J connectivity index is 1.81. The largest absolute Gasteiger partial charge is 0.365 e. The Hall–Kier alpha value is -1.82. The lowest BCUT2D eigenvalue weighted by molar-refractivity contribution is -0.0876. The van der Waals surface area contributed by atoms with Crippen LogP contribution in [0.15, 0.2) is 35.4 Å². The quantitative estimate of drug-likeness (QED) is 0.628. The summed E-state index contributed by atoms with van der Waals surface area (Å²) in [5.41, 5.74) is 1.69. The van der Waals surface area contributed by atoms with Crippen LogP contribution >= 0.6 is 0 Å². The third-order valence-corrected chi connectivity index (χ3v) is 5.47. The molecule has 0 aromatic heterocycles. The van der Waals surface area contributed by atoms with Crippen molar-refractivity contribution >= 4 is 11.6 Å². The van der Waals surface area contributed by atoms with Gasteiger partial charge in [0, 0.05) is 41.7 Å². The number of methoxy groups -OCH3 is 1. The summed E-state index contributed by atoms with van der Waals surface area (Å²) in [6.45, 7) is 4.04. The van der Waals surface area contributed by atoms with Crippen molar-refractivity contribution in [3.05, 3.63) is 46.5 Å². The van der Waals surface area contributed by atoms with Crippen LogP contribution in [0.3, 0.4) is 0 Å². The van der Waals surface area contributed by atoms with Crippen molar-refractivity contribution in [2.45, 2.75) is 38.1 Å². The van der Waals surface area contributed by atoms with Crippen molar-refractivity contribution in [1.29, 1.82) is 0 Å². The summed E-state index contributed by atoms with van der Waals surface area (Å²) in [7, 11) is 1.56. The van der Waals surface area contributed by atoms with Crippen molar-refractivity contribution < 1.29 is 23.8 Å². The number of ether oxygens (including phenoxy) is 3. The van der Waals surface area contributed by atoms with Gasteiger partial charge in [0.2, 0.25) is 0 Å². The van der Waals surface area contributed by atoms with E-state index in [9.17, 15) is 9.59 Å². The number of Topliss-reactive ketones (excluding diaryl/α,β-unsaturated/α-hetero) is 2. The molecule has 0 spiro atoms. The van der Waals surface area contributed by atoms with Crippen LogP contribution in [0, 0.1) is 5.92 Å². The summed E-state index contributed by atoms with van der Waals surface area (Å²) in [6.07, 6.45) is 0.183. The fraction of sp³-hybridized carbons (Fsp3) is 0.474. The van der Waals surface area contributed by atoms with E-state index in [1.807, 2.05) is 13.8 Å². The molecule has 0 N–H and O–H groups in total. The minimum Gasteiger partial charge on any atom is -0.365 e. The average Bonchev–Trinajstić information content (AvgIpc) is 3.26. The molecule has 1 aromatic rings. The van der Waals surface area contributed by atoms with E-state index in [1.165, 1.54) is 0 Å². The van der Waals surface area contributed by atoms with Gasteiger partial charge in [-0.3, -0.25) is 9.59 Å². The summed E-state index contributed by atoms with van der Waals surface area (Å²) in [5.74, 6) is -0.402. The molecule has 1 heterocycles. The topological polar surface area (TPSA) is 65.1 Å². The van der Waals surface area contributed by atoms with E-state index in [0.29, 0.717) is 28.7 Å². The van der Waals surface area contributed by atoms with E-state index in [1.54, 1.807) is 31.4 Å². The molecule has 5 nitrogen and oxygen atoms in total. The van der Waals surface area contributed by atoms with Gasteiger partial charge in [-0.25, -0.2) is 0 Å². The lowest BCUT2D eigenvalue weighted by Gasteiger charge is -2.35. The number of fused-ring (bicyclic) bond motifs is 2. The van der Waals surface area contributed by atoms with Crippen LogP contribution in [0.1, 0.15) is 41.0 Å². The number of benzene rings is 1. The Kier molecular flexibility index (Phi) is 3.49. The van der Waals surface area contributed by atoms with Gasteiger partial charge in [0.25, 0.3) is 0 Å². The molecule has 4 rings (SSSR count). The molecule has 0 bridgehead atoms. The second-order valence-electron chi connectivity index (χ2n) is 6.85. The molecule has 0 radical (unpaired) electrons. The molecular weight excluding hydrogens is 308 g/mol. The van der Waals surface area contributed by atoms with Crippen molar-refractivity contribution in [1.82, 2.24) is 0 Å². The Bertz CT molecular complexity index is 765. The molecule has 0 amide bonds. The zero-order valence-corrected chi connectivity index (χ0v) is 14.0. The van der Waals surface area contributed by atoms with Crippen LogP contribution in [0.4, 0.5) is 0 Å². The summed E-state index contributed by atoms with van der Waals surface area (Å²) < 4.78 is 16.6. The highest BCUT2D eigenvalue weighted by molar-refractivity contribution is 6.27. The normalized spacial score (nSPS) is 32.1. The van der Waals surface area contributed by atoms with E-state index < -0.39 is 5.60 Å². The highest BCUT2D eigenvalue weighted by atomic mass is 16.7. The first-order chi connectivity index (χ1) is 11.5. The number of carbonyl (C=O) groups excluding carboxylic acids is 2. The molecule has 3 aliphatic rings. The number of ketones is 2. The third kappa shape index (κ3) is 2.05. The molecule has 1 fully saturated rings. The van der Waals surface area contributed by atoms with Crippen LogP contribution in [0.2, 0.25) is 0 Å². The summed E-state index contributed by atoms with van der Waals surface area (Å²) in [4.78, 5) is 26.1. The Morgan fingerprint density at radius 1 is 1.25 bits per heavy atom. The molecule has 1 saturated heterocycles. The molecule has 1 aliphatic heterocycles. The van der Waals surface area contributed by atoms with E-state index >= 15 is 0 Å². The zero-order valence-electron chi connectivity index (χ0n) is 14.0. The van der Waals surface area contributed by atoms with E-state index in [4.69, 9.17) is 14.2 Å². The van der Waals surface area contributed by atoms with Gasteiger partial charge in [-0.1, -0.05) is 24.3 Å². The van der Waals surface area contributed by atoms with Gasteiger partial charge in [0.15, 0.2) is 11.6 Å². The highest BCUT2D eigenvalue weighted by Crippen LogP contribution is 2.56. The van der Waals surface area contributed by atoms with Crippen LogP contribution in [-0.4, -0.2) is 43.3 Å². The van der Waals surface area contributed by atoms with E-state index in [2.05, 4.69) is 0 Å².